The van der Waals surface area contributed by atoms with Crippen LogP contribution in [0.5, 0.6) is 0 Å². The molecule has 0 saturated carbocycles. The third-order valence-corrected chi connectivity index (χ3v) is 3.10. The number of aryl methyl sites for hydroxylation is 1. The Labute approximate surface area is 91.8 Å². The van der Waals surface area contributed by atoms with Crippen molar-refractivity contribution in [3.05, 3.63) is 46.9 Å². The van der Waals surface area contributed by atoms with Crippen LogP contribution in [0.4, 0.5) is 0 Å². The van der Waals surface area contributed by atoms with Crippen LogP contribution in [0.25, 0.3) is 16.9 Å². The van der Waals surface area contributed by atoms with Gasteiger partial charge in [-0.05, 0) is 30.0 Å². The number of imidazole rings is 1. The number of hydrogen-bond acceptors (Lipinski definition) is 2. The van der Waals surface area contributed by atoms with Crippen molar-refractivity contribution in [2.45, 2.75) is 6.92 Å². The van der Waals surface area contributed by atoms with Gasteiger partial charge in [0.1, 0.15) is 5.65 Å². The summed E-state index contributed by atoms with van der Waals surface area (Å²) in [6.45, 7) is 2.09. The van der Waals surface area contributed by atoms with Gasteiger partial charge in [-0.25, -0.2) is 4.98 Å². The van der Waals surface area contributed by atoms with Gasteiger partial charge < -0.3 is 4.40 Å². The summed E-state index contributed by atoms with van der Waals surface area (Å²) in [5.74, 6) is 0. The normalized spacial score (nSPS) is 11.0. The zero-order valence-electron chi connectivity index (χ0n) is 8.34. The van der Waals surface area contributed by atoms with E-state index in [-0.39, 0.29) is 0 Å². The molecule has 3 heteroatoms. The number of rotatable bonds is 1. The predicted molar refractivity (Wildman–Crippen MR) is 63.2 cm³/mol. The van der Waals surface area contributed by atoms with Crippen LogP contribution < -0.4 is 0 Å². The predicted octanol–water partition coefficient (Wildman–Crippen LogP) is 3.37. The first-order valence-corrected chi connectivity index (χ1v) is 5.75. The first-order valence-electron chi connectivity index (χ1n) is 4.81. The third kappa shape index (κ3) is 1.45. The van der Waals surface area contributed by atoms with E-state index in [0.29, 0.717) is 0 Å². The topological polar surface area (TPSA) is 17.3 Å². The van der Waals surface area contributed by atoms with Crippen LogP contribution in [-0.2, 0) is 0 Å². The minimum absolute atomic E-state index is 1.00. The maximum atomic E-state index is 4.57. The van der Waals surface area contributed by atoms with Gasteiger partial charge in [0, 0.05) is 23.3 Å². The van der Waals surface area contributed by atoms with Crippen molar-refractivity contribution in [2.75, 3.05) is 0 Å². The fraction of sp³-hybridized carbons (Fsp3) is 0.0833. The minimum atomic E-state index is 1.00. The van der Waals surface area contributed by atoms with Gasteiger partial charge in [-0.2, -0.15) is 11.3 Å². The fourth-order valence-corrected chi connectivity index (χ4v) is 2.30. The van der Waals surface area contributed by atoms with E-state index in [2.05, 4.69) is 51.6 Å². The van der Waals surface area contributed by atoms with Crippen molar-refractivity contribution in [3.8, 4) is 11.3 Å². The van der Waals surface area contributed by atoms with Gasteiger partial charge in [-0.3, -0.25) is 0 Å². The van der Waals surface area contributed by atoms with Crippen molar-refractivity contribution >= 4 is 17.0 Å². The lowest BCUT2D eigenvalue weighted by atomic mass is 10.3. The summed E-state index contributed by atoms with van der Waals surface area (Å²) in [4.78, 5) is 4.57. The number of pyridine rings is 1. The van der Waals surface area contributed by atoms with E-state index in [9.17, 15) is 0 Å². The second-order valence-corrected chi connectivity index (χ2v) is 4.39. The third-order valence-electron chi connectivity index (χ3n) is 2.42. The van der Waals surface area contributed by atoms with Gasteiger partial charge >= 0.3 is 0 Å². The summed E-state index contributed by atoms with van der Waals surface area (Å²) in [7, 11) is 0. The van der Waals surface area contributed by atoms with Crippen LogP contribution in [0.3, 0.4) is 0 Å². The molecule has 74 valence electrons. The molecule has 2 nitrogen and oxygen atoms in total. The van der Waals surface area contributed by atoms with E-state index in [1.54, 1.807) is 11.3 Å². The highest BCUT2D eigenvalue weighted by atomic mass is 32.1. The van der Waals surface area contributed by atoms with Crippen LogP contribution in [0.15, 0.2) is 41.4 Å². The molecular formula is C12H10N2S. The van der Waals surface area contributed by atoms with E-state index in [4.69, 9.17) is 0 Å². The van der Waals surface area contributed by atoms with E-state index >= 15 is 0 Å². The number of hydrogen-bond donors (Lipinski definition) is 0. The minimum Gasteiger partial charge on any atom is -0.306 e. The summed E-state index contributed by atoms with van der Waals surface area (Å²) in [5, 5.41) is 4.19. The fourth-order valence-electron chi connectivity index (χ4n) is 1.65. The lowest BCUT2D eigenvalue weighted by Crippen LogP contribution is -1.82. The molecule has 0 saturated heterocycles. The first-order chi connectivity index (χ1) is 7.33. The Bertz CT molecular complexity index is 593. The standard InChI is InChI=1S/C12H10N2S/c1-9-2-3-12-13-11(7-14(12)6-9)10-4-5-15-8-10/h2-8H,1H3. The molecule has 0 aliphatic heterocycles. The Kier molecular flexibility index (Phi) is 1.86. The molecule has 0 bridgehead atoms. The summed E-state index contributed by atoms with van der Waals surface area (Å²) in [6.07, 6.45) is 4.17. The molecule has 0 aliphatic rings. The van der Waals surface area contributed by atoms with E-state index in [1.165, 1.54) is 11.1 Å². The molecule has 3 rings (SSSR count). The zero-order valence-corrected chi connectivity index (χ0v) is 9.16. The van der Waals surface area contributed by atoms with Crippen molar-refractivity contribution in [1.82, 2.24) is 9.38 Å². The lowest BCUT2D eigenvalue weighted by Gasteiger charge is -1.92. The first kappa shape index (κ1) is 8.68. The second kappa shape index (κ2) is 3.21. The molecule has 0 atom stereocenters. The van der Waals surface area contributed by atoms with Crippen molar-refractivity contribution in [3.63, 3.8) is 0 Å². The highest BCUT2D eigenvalue weighted by molar-refractivity contribution is 7.08. The summed E-state index contributed by atoms with van der Waals surface area (Å²) in [6, 6.07) is 6.23. The molecule has 0 radical (unpaired) electrons. The quantitative estimate of drug-likeness (QED) is 0.607. The SMILES string of the molecule is Cc1ccc2nc(-c3ccsc3)cn2c1. The number of fused-ring (bicyclic) bond motifs is 1. The smallest absolute Gasteiger partial charge is 0.137 e. The highest BCUT2D eigenvalue weighted by Gasteiger charge is 2.03. The Balaban J connectivity index is 2.22. The lowest BCUT2D eigenvalue weighted by molar-refractivity contribution is 1.16. The molecule has 3 heterocycles. The van der Waals surface area contributed by atoms with Gasteiger partial charge in [0.15, 0.2) is 0 Å². The van der Waals surface area contributed by atoms with E-state index in [1.807, 2.05) is 6.07 Å². The Morgan fingerprint density at radius 1 is 1.20 bits per heavy atom. The second-order valence-electron chi connectivity index (χ2n) is 3.61. The molecule has 0 spiro atoms. The monoisotopic (exact) mass is 214 g/mol. The largest absolute Gasteiger partial charge is 0.306 e. The molecule has 0 fully saturated rings. The molecule has 0 amide bonds. The van der Waals surface area contributed by atoms with E-state index in [0.717, 1.165) is 11.3 Å². The van der Waals surface area contributed by atoms with Crippen molar-refractivity contribution in [2.24, 2.45) is 0 Å². The van der Waals surface area contributed by atoms with E-state index < -0.39 is 0 Å². The number of nitrogens with zero attached hydrogens (tertiary/aromatic N) is 2. The Hall–Kier alpha value is -1.61. The molecule has 0 unspecified atom stereocenters. The van der Waals surface area contributed by atoms with Crippen LogP contribution in [0.2, 0.25) is 0 Å². The van der Waals surface area contributed by atoms with Gasteiger partial charge in [0.25, 0.3) is 0 Å². The zero-order chi connectivity index (χ0) is 10.3. The summed E-state index contributed by atoms with van der Waals surface area (Å²) < 4.78 is 2.07. The highest BCUT2D eigenvalue weighted by Crippen LogP contribution is 2.21. The van der Waals surface area contributed by atoms with Crippen LogP contribution in [0.1, 0.15) is 5.56 Å². The molecule has 0 aromatic carbocycles. The number of aromatic nitrogens is 2. The van der Waals surface area contributed by atoms with Crippen LogP contribution >= 0.6 is 11.3 Å². The van der Waals surface area contributed by atoms with Gasteiger partial charge in [-0.1, -0.05) is 6.07 Å². The molecule has 3 aromatic rings. The van der Waals surface area contributed by atoms with Gasteiger partial charge in [-0.15, -0.1) is 0 Å². The van der Waals surface area contributed by atoms with Crippen molar-refractivity contribution in [1.29, 1.82) is 0 Å². The number of thiophene rings is 1. The van der Waals surface area contributed by atoms with Gasteiger partial charge in [0.2, 0.25) is 0 Å². The molecule has 15 heavy (non-hydrogen) atoms. The van der Waals surface area contributed by atoms with Crippen molar-refractivity contribution < 1.29 is 0 Å². The average Bonchev–Trinajstić information content (AvgIpc) is 2.84. The Morgan fingerprint density at radius 3 is 2.93 bits per heavy atom. The van der Waals surface area contributed by atoms with Crippen LogP contribution in [-0.4, -0.2) is 9.38 Å². The molecule has 3 aromatic heterocycles. The molecule has 0 aliphatic carbocycles. The van der Waals surface area contributed by atoms with Gasteiger partial charge in [0.05, 0.1) is 5.69 Å². The Morgan fingerprint density at radius 2 is 2.13 bits per heavy atom. The maximum Gasteiger partial charge on any atom is 0.137 e. The summed E-state index contributed by atoms with van der Waals surface area (Å²) in [5.41, 5.74) is 4.49. The average molecular weight is 214 g/mol. The summed E-state index contributed by atoms with van der Waals surface area (Å²) >= 11 is 1.70. The molecular weight excluding hydrogens is 204 g/mol. The maximum absolute atomic E-state index is 4.57. The molecule has 0 N–H and O–H groups in total. The van der Waals surface area contributed by atoms with Crippen LogP contribution in [0, 0.1) is 6.92 Å².